The molecule has 5 rings (SSSR count). The van der Waals surface area contributed by atoms with E-state index in [1.54, 1.807) is 16.7 Å². The monoisotopic (exact) mass is 619 g/mol. The number of phenolic OH excluding ortho intramolecular Hbond substituents is 1. The van der Waals surface area contributed by atoms with E-state index in [2.05, 4.69) is 16.5 Å². The predicted octanol–water partition coefficient (Wildman–Crippen LogP) is 6.28. The van der Waals surface area contributed by atoms with Crippen LogP contribution in [0, 0.1) is 11.6 Å². The molecule has 1 unspecified atom stereocenters. The number of nitrogens with zero attached hydrogens (tertiary/aromatic N) is 5. The quantitative estimate of drug-likeness (QED) is 0.192. The van der Waals surface area contributed by atoms with Gasteiger partial charge in [-0.15, -0.1) is 11.8 Å². The number of fused-ring (bicyclic) bond motifs is 1. The molecule has 1 N–H and O–H groups in total. The lowest BCUT2D eigenvalue weighted by atomic mass is 10.0. The summed E-state index contributed by atoms with van der Waals surface area (Å²) in [5.41, 5.74) is 0.0591. The summed E-state index contributed by atoms with van der Waals surface area (Å²) in [4.78, 5) is 39.9. The Kier molecular flexibility index (Phi) is 8.78. The maximum Gasteiger partial charge on any atom is 0.355 e. The van der Waals surface area contributed by atoms with Crippen molar-refractivity contribution < 1.29 is 18.7 Å². The van der Waals surface area contributed by atoms with E-state index < -0.39 is 34.3 Å². The molecule has 1 aliphatic rings. The maximum absolute atomic E-state index is 16.0. The average molecular weight is 620 g/mol. The number of para-hydroxylation sites is 1. The minimum atomic E-state index is -0.881. The topological polar surface area (TPSA) is 91.6 Å². The molecular weight excluding hydrogens is 584 g/mol. The molecule has 0 radical (unpaired) electrons. The standard InChI is InChI=1S/C33H35F2N5O3S/c1-7-27(42)38-14-15-39(20(6)17-38)31-22-16-24(35)29(28-23(34)11-9-12-25(28)41)36-32(22)40(33(43)37-31)30-21(18(2)3)10-8-13-26(30)44-19(4)5/h7-13,16,18-20,41H,1,14-15,17H2,2-6H3. The van der Waals surface area contributed by atoms with E-state index in [0.717, 1.165) is 16.5 Å². The van der Waals surface area contributed by atoms with Crippen LogP contribution in [0.4, 0.5) is 14.6 Å². The van der Waals surface area contributed by atoms with Crippen LogP contribution in [-0.2, 0) is 4.79 Å². The number of amides is 1. The van der Waals surface area contributed by atoms with Crippen molar-refractivity contribution in [3.05, 3.63) is 82.8 Å². The highest BCUT2D eigenvalue weighted by atomic mass is 32.2. The van der Waals surface area contributed by atoms with E-state index >= 15 is 8.78 Å². The second-order valence-corrected chi connectivity index (χ2v) is 13.0. The Labute approximate surface area is 259 Å². The fraction of sp³-hybridized carbons (Fsp3) is 0.333. The van der Waals surface area contributed by atoms with Gasteiger partial charge in [-0.3, -0.25) is 4.79 Å². The first-order chi connectivity index (χ1) is 20.9. The van der Waals surface area contributed by atoms with Gasteiger partial charge in [0.2, 0.25) is 5.91 Å². The molecule has 11 heteroatoms. The van der Waals surface area contributed by atoms with E-state index in [4.69, 9.17) is 0 Å². The summed E-state index contributed by atoms with van der Waals surface area (Å²) in [6, 6.07) is 10.4. The Balaban J connectivity index is 1.86. The van der Waals surface area contributed by atoms with Crippen molar-refractivity contribution in [1.82, 2.24) is 19.4 Å². The fourth-order valence-electron chi connectivity index (χ4n) is 5.64. The number of halogens is 2. The van der Waals surface area contributed by atoms with Gasteiger partial charge in [-0.1, -0.05) is 52.5 Å². The third kappa shape index (κ3) is 5.68. The summed E-state index contributed by atoms with van der Waals surface area (Å²) in [7, 11) is 0. The number of pyridine rings is 1. The predicted molar refractivity (Wildman–Crippen MR) is 171 cm³/mol. The zero-order valence-corrected chi connectivity index (χ0v) is 26.2. The van der Waals surface area contributed by atoms with Crippen LogP contribution in [0.15, 0.2) is 64.8 Å². The number of benzene rings is 2. The summed E-state index contributed by atoms with van der Waals surface area (Å²) < 4.78 is 32.4. The van der Waals surface area contributed by atoms with Crippen LogP contribution in [0.25, 0.3) is 28.0 Å². The molecule has 1 saturated heterocycles. The van der Waals surface area contributed by atoms with Gasteiger partial charge in [0.05, 0.1) is 16.6 Å². The Morgan fingerprint density at radius 3 is 2.45 bits per heavy atom. The van der Waals surface area contributed by atoms with Gasteiger partial charge >= 0.3 is 5.69 Å². The van der Waals surface area contributed by atoms with Crippen LogP contribution >= 0.6 is 11.8 Å². The molecular formula is C33H35F2N5O3S. The van der Waals surface area contributed by atoms with Crippen LogP contribution in [0.1, 0.15) is 46.1 Å². The molecule has 1 atom stereocenters. The third-order valence-corrected chi connectivity index (χ3v) is 8.71. The van der Waals surface area contributed by atoms with Gasteiger partial charge in [-0.25, -0.2) is 23.1 Å². The zero-order chi connectivity index (χ0) is 31.9. The average Bonchev–Trinajstić information content (AvgIpc) is 2.96. The van der Waals surface area contributed by atoms with Crippen LogP contribution in [0.5, 0.6) is 5.75 Å². The summed E-state index contributed by atoms with van der Waals surface area (Å²) in [5, 5.41) is 11.0. The molecule has 0 bridgehead atoms. The molecule has 4 aromatic rings. The summed E-state index contributed by atoms with van der Waals surface area (Å²) >= 11 is 1.57. The maximum atomic E-state index is 16.0. The summed E-state index contributed by atoms with van der Waals surface area (Å²) in [5.74, 6) is -2.19. The van der Waals surface area contributed by atoms with Crippen LogP contribution in [-0.4, -0.2) is 61.4 Å². The molecule has 2 aromatic carbocycles. The Bertz CT molecular complexity index is 1800. The minimum absolute atomic E-state index is 0.00497. The molecule has 8 nitrogen and oxygen atoms in total. The number of anilines is 1. The van der Waals surface area contributed by atoms with E-state index in [0.29, 0.717) is 25.3 Å². The molecule has 1 aliphatic heterocycles. The molecule has 3 heterocycles. The van der Waals surface area contributed by atoms with E-state index in [9.17, 15) is 14.7 Å². The van der Waals surface area contributed by atoms with Gasteiger partial charge in [0.1, 0.15) is 23.1 Å². The highest BCUT2D eigenvalue weighted by molar-refractivity contribution is 8.00. The first kappa shape index (κ1) is 31.2. The number of carbonyl (C=O) groups is 1. The first-order valence-corrected chi connectivity index (χ1v) is 15.4. The van der Waals surface area contributed by atoms with Crippen molar-refractivity contribution >= 4 is 34.5 Å². The number of aromatic hydroxyl groups is 1. The van der Waals surface area contributed by atoms with Crippen molar-refractivity contribution in [2.24, 2.45) is 0 Å². The van der Waals surface area contributed by atoms with Crippen molar-refractivity contribution in [1.29, 1.82) is 0 Å². The van der Waals surface area contributed by atoms with Gasteiger partial charge in [-0.2, -0.15) is 4.98 Å². The third-order valence-electron chi connectivity index (χ3n) is 7.65. The molecule has 1 fully saturated rings. The molecule has 0 saturated carbocycles. The van der Waals surface area contributed by atoms with Crippen molar-refractivity contribution in [2.45, 2.75) is 56.7 Å². The molecule has 0 spiro atoms. The molecule has 230 valence electrons. The van der Waals surface area contributed by atoms with E-state index in [1.807, 2.05) is 57.7 Å². The number of carbonyl (C=O) groups excluding carboxylic acids is 1. The molecule has 44 heavy (non-hydrogen) atoms. The van der Waals surface area contributed by atoms with E-state index in [1.165, 1.54) is 28.8 Å². The first-order valence-electron chi connectivity index (χ1n) is 14.5. The van der Waals surface area contributed by atoms with Crippen molar-refractivity contribution in [2.75, 3.05) is 24.5 Å². The lowest BCUT2D eigenvalue weighted by Gasteiger charge is -2.40. The van der Waals surface area contributed by atoms with Gasteiger partial charge in [0.15, 0.2) is 11.5 Å². The lowest BCUT2D eigenvalue weighted by molar-refractivity contribution is -0.126. The smallest absolute Gasteiger partial charge is 0.355 e. The van der Waals surface area contributed by atoms with Crippen molar-refractivity contribution in [3.8, 4) is 22.7 Å². The number of phenols is 1. The lowest BCUT2D eigenvalue weighted by Crippen LogP contribution is -2.54. The minimum Gasteiger partial charge on any atom is -0.507 e. The second-order valence-electron chi connectivity index (χ2n) is 11.4. The van der Waals surface area contributed by atoms with Crippen LogP contribution in [0.2, 0.25) is 0 Å². The molecule has 1 amide bonds. The number of hydrogen-bond donors (Lipinski definition) is 1. The SMILES string of the molecule is C=CC(=O)N1CCN(c2nc(=O)n(-c3c(SC(C)C)cccc3C(C)C)c3nc(-c4c(O)cccc4F)c(F)cc23)C(C)C1. The number of hydrogen-bond acceptors (Lipinski definition) is 7. The fourth-order valence-corrected chi connectivity index (χ4v) is 6.63. The summed E-state index contributed by atoms with van der Waals surface area (Å²) in [6.07, 6.45) is 1.26. The second kappa shape index (κ2) is 12.4. The molecule has 2 aromatic heterocycles. The number of thioether (sulfide) groups is 1. The Morgan fingerprint density at radius 2 is 1.82 bits per heavy atom. The van der Waals surface area contributed by atoms with Gasteiger partial charge in [0.25, 0.3) is 0 Å². The largest absolute Gasteiger partial charge is 0.507 e. The Morgan fingerprint density at radius 1 is 1.09 bits per heavy atom. The van der Waals surface area contributed by atoms with Gasteiger partial charge in [-0.05, 0) is 48.7 Å². The summed E-state index contributed by atoms with van der Waals surface area (Å²) in [6.45, 7) is 14.6. The highest BCUT2D eigenvalue weighted by Gasteiger charge is 2.31. The van der Waals surface area contributed by atoms with Crippen LogP contribution in [0.3, 0.4) is 0 Å². The zero-order valence-electron chi connectivity index (χ0n) is 25.3. The highest BCUT2D eigenvalue weighted by Crippen LogP contribution is 2.39. The van der Waals surface area contributed by atoms with Crippen molar-refractivity contribution in [3.63, 3.8) is 0 Å². The Hall–Kier alpha value is -4.25. The normalized spacial score (nSPS) is 15.4. The molecule has 0 aliphatic carbocycles. The number of piperazine rings is 1. The van der Waals surface area contributed by atoms with E-state index in [-0.39, 0.29) is 40.0 Å². The van der Waals surface area contributed by atoms with Crippen LogP contribution < -0.4 is 10.6 Å². The number of aromatic nitrogens is 3. The van der Waals surface area contributed by atoms with Gasteiger partial charge in [0, 0.05) is 35.8 Å². The van der Waals surface area contributed by atoms with Gasteiger partial charge < -0.3 is 14.9 Å². The number of rotatable bonds is 7.